The van der Waals surface area contributed by atoms with E-state index in [1.165, 1.54) is 24.3 Å². The van der Waals surface area contributed by atoms with Crippen molar-refractivity contribution in [2.24, 2.45) is 0 Å². The van der Waals surface area contributed by atoms with Crippen LogP contribution < -0.4 is 10.6 Å². The second kappa shape index (κ2) is 6.04. The maximum absolute atomic E-state index is 11.8. The van der Waals surface area contributed by atoms with Crippen molar-refractivity contribution in [3.8, 4) is 0 Å². The Bertz CT molecular complexity index is 766. The van der Waals surface area contributed by atoms with Gasteiger partial charge in [-0.25, -0.2) is 14.4 Å². The van der Waals surface area contributed by atoms with Gasteiger partial charge in [-0.15, -0.1) is 0 Å². The van der Waals surface area contributed by atoms with Crippen molar-refractivity contribution in [1.82, 2.24) is 10.6 Å². The molecule has 122 valence electrons. The Morgan fingerprint density at radius 3 is 1.58 bits per heavy atom. The Balaban J connectivity index is 1.99. The zero-order valence-electron chi connectivity index (χ0n) is 12.4. The van der Waals surface area contributed by atoms with Gasteiger partial charge < -0.3 is 20.8 Å². The molecular weight excluding hydrogens is 312 g/mol. The van der Waals surface area contributed by atoms with Crippen molar-refractivity contribution in [3.63, 3.8) is 0 Å². The molecule has 3 rings (SSSR count). The maximum atomic E-state index is 11.8. The van der Waals surface area contributed by atoms with Crippen molar-refractivity contribution in [2.75, 3.05) is 0 Å². The molecule has 0 aliphatic carbocycles. The highest BCUT2D eigenvalue weighted by Gasteiger charge is 2.34. The quantitative estimate of drug-likeness (QED) is 0.687. The maximum Gasteiger partial charge on any atom is 0.335 e. The largest absolute Gasteiger partial charge is 0.478 e. The number of carbonyl (C=O) groups excluding carboxylic acids is 1. The van der Waals surface area contributed by atoms with E-state index in [0.29, 0.717) is 11.1 Å². The van der Waals surface area contributed by atoms with Crippen LogP contribution in [-0.2, 0) is 0 Å². The van der Waals surface area contributed by atoms with E-state index in [9.17, 15) is 14.4 Å². The highest BCUT2D eigenvalue weighted by molar-refractivity contribution is 5.88. The molecule has 1 saturated heterocycles. The average molecular weight is 326 g/mol. The van der Waals surface area contributed by atoms with E-state index in [4.69, 9.17) is 10.2 Å². The molecule has 0 radical (unpaired) electrons. The van der Waals surface area contributed by atoms with Crippen molar-refractivity contribution in [1.29, 1.82) is 0 Å². The molecule has 4 N–H and O–H groups in total. The minimum Gasteiger partial charge on any atom is -0.478 e. The highest BCUT2D eigenvalue weighted by Crippen LogP contribution is 2.33. The van der Waals surface area contributed by atoms with Crippen molar-refractivity contribution in [3.05, 3.63) is 70.8 Å². The molecular formula is C17H14N2O5. The number of hydrogen-bond acceptors (Lipinski definition) is 3. The smallest absolute Gasteiger partial charge is 0.335 e. The summed E-state index contributed by atoms with van der Waals surface area (Å²) in [6, 6.07) is 11.2. The number of urea groups is 1. The van der Waals surface area contributed by atoms with Crippen LogP contribution in [0.3, 0.4) is 0 Å². The fourth-order valence-corrected chi connectivity index (χ4v) is 2.77. The Morgan fingerprint density at radius 1 is 0.792 bits per heavy atom. The van der Waals surface area contributed by atoms with Crippen LogP contribution in [0.15, 0.2) is 48.5 Å². The van der Waals surface area contributed by atoms with Gasteiger partial charge in [0.2, 0.25) is 0 Å². The lowest BCUT2D eigenvalue weighted by atomic mass is 9.93. The van der Waals surface area contributed by atoms with Crippen LogP contribution in [0.5, 0.6) is 0 Å². The van der Waals surface area contributed by atoms with Crippen LogP contribution in [0, 0.1) is 0 Å². The molecule has 2 aromatic rings. The lowest BCUT2D eigenvalue weighted by Gasteiger charge is -2.20. The molecule has 7 nitrogen and oxygen atoms in total. The molecule has 2 amide bonds. The summed E-state index contributed by atoms with van der Waals surface area (Å²) >= 11 is 0. The predicted octanol–water partition coefficient (Wildman–Crippen LogP) is 2.18. The number of benzene rings is 2. The number of carboxylic acid groups (broad SMARTS) is 2. The van der Waals surface area contributed by atoms with Crippen molar-refractivity contribution >= 4 is 18.0 Å². The molecule has 0 spiro atoms. The minimum atomic E-state index is -1.06. The van der Waals surface area contributed by atoms with E-state index in [1.807, 2.05) is 0 Å². The zero-order valence-corrected chi connectivity index (χ0v) is 12.4. The van der Waals surface area contributed by atoms with Crippen LogP contribution in [0.4, 0.5) is 4.79 Å². The van der Waals surface area contributed by atoms with Crippen molar-refractivity contribution in [2.45, 2.75) is 12.1 Å². The number of amides is 2. The van der Waals surface area contributed by atoms with E-state index < -0.39 is 30.1 Å². The third-order valence-electron chi connectivity index (χ3n) is 3.89. The zero-order chi connectivity index (χ0) is 17.3. The van der Waals surface area contributed by atoms with Crippen LogP contribution in [0.25, 0.3) is 0 Å². The van der Waals surface area contributed by atoms with Gasteiger partial charge >= 0.3 is 18.0 Å². The van der Waals surface area contributed by atoms with Crippen LogP contribution >= 0.6 is 0 Å². The van der Waals surface area contributed by atoms with Gasteiger partial charge in [0.1, 0.15) is 0 Å². The summed E-state index contributed by atoms with van der Waals surface area (Å²) in [5.41, 5.74) is 1.48. The summed E-state index contributed by atoms with van der Waals surface area (Å²) in [5.74, 6) is -2.11. The van der Waals surface area contributed by atoms with Crippen molar-refractivity contribution < 1.29 is 24.6 Å². The Labute approximate surface area is 136 Å². The topological polar surface area (TPSA) is 116 Å². The Hall–Kier alpha value is -3.35. The summed E-state index contributed by atoms with van der Waals surface area (Å²) in [6.07, 6.45) is 0. The van der Waals surface area contributed by atoms with E-state index in [0.717, 1.165) is 0 Å². The monoisotopic (exact) mass is 326 g/mol. The second-order valence-electron chi connectivity index (χ2n) is 5.43. The van der Waals surface area contributed by atoms with E-state index in [2.05, 4.69) is 10.6 Å². The first-order chi connectivity index (χ1) is 11.5. The number of aromatic carboxylic acids is 2. The number of carbonyl (C=O) groups is 3. The van der Waals surface area contributed by atoms with Gasteiger partial charge in [0.05, 0.1) is 23.2 Å². The Kier molecular flexibility index (Phi) is 3.91. The summed E-state index contributed by atoms with van der Waals surface area (Å²) in [4.78, 5) is 34.1. The summed E-state index contributed by atoms with van der Waals surface area (Å²) in [5, 5.41) is 23.7. The minimum absolute atomic E-state index is 0.117. The van der Waals surface area contributed by atoms with Gasteiger partial charge in [-0.05, 0) is 35.4 Å². The molecule has 1 unspecified atom stereocenters. The third kappa shape index (κ3) is 2.91. The van der Waals surface area contributed by atoms with Gasteiger partial charge in [0.15, 0.2) is 0 Å². The highest BCUT2D eigenvalue weighted by atomic mass is 16.4. The van der Waals surface area contributed by atoms with Crippen LogP contribution in [0.1, 0.15) is 43.9 Å². The first-order valence-corrected chi connectivity index (χ1v) is 7.19. The first kappa shape index (κ1) is 15.5. The lowest BCUT2D eigenvalue weighted by Crippen LogP contribution is -2.22. The lowest BCUT2D eigenvalue weighted by molar-refractivity contribution is 0.0686. The second-order valence-corrected chi connectivity index (χ2v) is 5.43. The standard InChI is InChI=1S/C17H14N2O5/c20-15(21)11-5-1-3-9(7-11)13-14(19-17(24)18-13)10-4-2-6-12(8-10)16(22)23/h1-8,13-14H,(H,20,21)(H,22,23)(H2,18,19,24)/t13-,14?/m1/s1. The fraction of sp³-hybridized carbons (Fsp3) is 0.118. The van der Waals surface area contributed by atoms with E-state index in [1.54, 1.807) is 24.3 Å². The predicted molar refractivity (Wildman–Crippen MR) is 84.0 cm³/mol. The van der Waals surface area contributed by atoms with Gasteiger partial charge in [0.25, 0.3) is 0 Å². The van der Waals surface area contributed by atoms with E-state index >= 15 is 0 Å². The van der Waals surface area contributed by atoms with Gasteiger partial charge in [-0.3, -0.25) is 0 Å². The Morgan fingerprint density at radius 2 is 1.21 bits per heavy atom. The molecule has 0 saturated carbocycles. The molecule has 2 atom stereocenters. The van der Waals surface area contributed by atoms with Crippen LogP contribution in [0.2, 0.25) is 0 Å². The summed E-state index contributed by atoms with van der Waals surface area (Å²) < 4.78 is 0. The molecule has 1 aliphatic rings. The molecule has 0 aromatic heterocycles. The van der Waals surface area contributed by atoms with Gasteiger partial charge in [-0.2, -0.15) is 0 Å². The number of hydrogen-bond donors (Lipinski definition) is 4. The summed E-state index contributed by atoms with van der Waals surface area (Å²) in [6.45, 7) is 0. The molecule has 24 heavy (non-hydrogen) atoms. The SMILES string of the molecule is O=C1NC(c2cccc(C(=O)O)c2)[C@@H](c2cccc(C(=O)O)c2)N1. The third-order valence-corrected chi connectivity index (χ3v) is 3.89. The fourth-order valence-electron chi connectivity index (χ4n) is 2.77. The average Bonchev–Trinajstić information content (AvgIpc) is 2.97. The first-order valence-electron chi connectivity index (χ1n) is 7.19. The molecule has 0 bridgehead atoms. The number of carboxylic acids is 2. The molecule has 1 heterocycles. The van der Waals surface area contributed by atoms with Gasteiger partial charge in [0, 0.05) is 0 Å². The van der Waals surface area contributed by atoms with Crippen LogP contribution in [-0.4, -0.2) is 28.2 Å². The molecule has 1 fully saturated rings. The molecule has 2 aromatic carbocycles. The number of rotatable bonds is 4. The van der Waals surface area contributed by atoms with Gasteiger partial charge in [-0.1, -0.05) is 24.3 Å². The number of nitrogens with one attached hydrogen (secondary N) is 2. The molecule has 1 aliphatic heterocycles. The van der Waals surface area contributed by atoms with E-state index in [-0.39, 0.29) is 11.1 Å². The molecule has 7 heteroatoms. The summed E-state index contributed by atoms with van der Waals surface area (Å²) in [7, 11) is 0. The normalized spacial score (nSPS) is 19.4.